The Balaban J connectivity index is 2.06. The summed E-state index contributed by atoms with van der Waals surface area (Å²) in [6.07, 6.45) is 2.64. The lowest BCUT2D eigenvalue weighted by molar-refractivity contribution is -0.108. The molecule has 1 heterocycles. The van der Waals surface area contributed by atoms with Crippen LogP contribution >= 0.6 is 0 Å². The molecule has 0 bridgehead atoms. The van der Waals surface area contributed by atoms with Crippen molar-refractivity contribution in [3.63, 3.8) is 0 Å². The summed E-state index contributed by atoms with van der Waals surface area (Å²) in [5.74, 6) is 0. The smallest absolute Gasteiger partial charge is 0.120 e. The number of rotatable bonds is 6. The second-order valence-electron chi connectivity index (χ2n) is 3.72. The fraction of sp³-hybridized carbons (Fsp3) is 0.900. The van der Waals surface area contributed by atoms with Gasteiger partial charge in [0.05, 0.1) is 6.61 Å². The van der Waals surface area contributed by atoms with E-state index < -0.39 is 0 Å². The number of aliphatic hydroxyl groups is 1. The molecule has 0 aromatic rings. The van der Waals surface area contributed by atoms with Crippen molar-refractivity contribution in [1.29, 1.82) is 0 Å². The highest BCUT2D eigenvalue weighted by molar-refractivity contribution is 5.48. The number of piperazine rings is 1. The third kappa shape index (κ3) is 4.17. The lowest BCUT2D eigenvalue weighted by atomic mass is 10.2. The second kappa shape index (κ2) is 6.92. The maximum Gasteiger partial charge on any atom is 0.120 e. The van der Waals surface area contributed by atoms with Gasteiger partial charge in [0.1, 0.15) is 6.29 Å². The average molecular weight is 200 g/mol. The van der Waals surface area contributed by atoms with Crippen LogP contribution in [-0.4, -0.2) is 67.1 Å². The number of nitrogens with zero attached hydrogens (tertiary/aromatic N) is 2. The molecule has 0 unspecified atom stereocenters. The maximum atomic E-state index is 10.1. The summed E-state index contributed by atoms with van der Waals surface area (Å²) in [5, 5.41) is 8.76. The summed E-state index contributed by atoms with van der Waals surface area (Å²) in [6.45, 7) is 6.31. The Hall–Kier alpha value is -0.450. The van der Waals surface area contributed by atoms with E-state index >= 15 is 0 Å². The fourth-order valence-corrected chi connectivity index (χ4v) is 1.78. The van der Waals surface area contributed by atoms with Crippen LogP contribution < -0.4 is 0 Å². The zero-order valence-electron chi connectivity index (χ0n) is 8.69. The van der Waals surface area contributed by atoms with Gasteiger partial charge in [-0.05, 0) is 13.0 Å². The van der Waals surface area contributed by atoms with E-state index in [1.165, 1.54) is 0 Å². The van der Waals surface area contributed by atoms with Crippen molar-refractivity contribution in [2.45, 2.75) is 12.8 Å². The van der Waals surface area contributed by atoms with E-state index in [1.54, 1.807) is 0 Å². The Bertz CT molecular complexity index is 156. The number of hydrogen-bond acceptors (Lipinski definition) is 4. The first-order chi connectivity index (χ1) is 6.86. The Morgan fingerprint density at radius 1 is 1.07 bits per heavy atom. The highest BCUT2D eigenvalue weighted by Gasteiger charge is 2.15. The van der Waals surface area contributed by atoms with E-state index in [2.05, 4.69) is 9.80 Å². The van der Waals surface area contributed by atoms with Crippen LogP contribution in [0.15, 0.2) is 0 Å². The van der Waals surface area contributed by atoms with Gasteiger partial charge in [0.25, 0.3) is 0 Å². The molecule has 1 N–H and O–H groups in total. The molecule has 1 rings (SSSR count). The maximum absolute atomic E-state index is 10.1. The molecular weight excluding hydrogens is 180 g/mol. The largest absolute Gasteiger partial charge is 0.395 e. The minimum atomic E-state index is 0.255. The molecule has 0 atom stereocenters. The van der Waals surface area contributed by atoms with E-state index in [-0.39, 0.29) is 6.61 Å². The average Bonchev–Trinajstić information content (AvgIpc) is 2.21. The Morgan fingerprint density at radius 3 is 2.14 bits per heavy atom. The molecule has 14 heavy (non-hydrogen) atoms. The number of carbonyl (C=O) groups is 1. The molecular formula is C10H20N2O2. The Labute approximate surface area is 85.5 Å². The normalized spacial score (nSPS) is 19.8. The number of β-amino-alcohol motifs (C(OH)–C–C–N with tert-alkyl or cyclic N) is 1. The fourth-order valence-electron chi connectivity index (χ4n) is 1.78. The van der Waals surface area contributed by atoms with Crippen molar-refractivity contribution in [1.82, 2.24) is 9.80 Å². The molecule has 4 heteroatoms. The number of carbonyl (C=O) groups excluding carboxylic acids is 1. The van der Waals surface area contributed by atoms with E-state index in [1.807, 2.05) is 0 Å². The van der Waals surface area contributed by atoms with E-state index in [0.717, 1.165) is 52.0 Å². The molecule has 0 aliphatic carbocycles. The van der Waals surface area contributed by atoms with Gasteiger partial charge < -0.3 is 14.8 Å². The highest BCUT2D eigenvalue weighted by atomic mass is 16.3. The molecule has 0 aromatic heterocycles. The third-order valence-corrected chi connectivity index (χ3v) is 2.68. The molecule has 1 aliphatic rings. The van der Waals surface area contributed by atoms with Crippen LogP contribution in [0, 0.1) is 0 Å². The molecule has 0 spiro atoms. The van der Waals surface area contributed by atoms with Gasteiger partial charge in [-0.2, -0.15) is 0 Å². The molecule has 0 radical (unpaired) electrons. The summed E-state index contributed by atoms with van der Waals surface area (Å²) < 4.78 is 0. The predicted octanol–water partition coefficient (Wildman–Crippen LogP) is -0.425. The molecule has 4 nitrogen and oxygen atoms in total. The van der Waals surface area contributed by atoms with E-state index in [0.29, 0.717) is 6.42 Å². The molecule has 1 fully saturated rings. The summed E-state index contributed by atoms with van der Waals surface area (Å²) in [7, 11) is 0. The molecule has 0 saturated carbocycles. The van der Waals surface area contributed by atoms with Crippen LogP contribution in [0.1, 0.15) is 12.8 Å². The van der Waals surface area contributed by atoms with Gasteiger partial charge in [0.2, 0.25) is 0 Å². The zero-order valence-corrected chi connectivity index (χ0v) is 8.69. The zero-order chi connectivity index (χ0) is 10.2. The number of aldehydes is 1. The minimum absolute atomic E-state index is 0.255. The molecule has 1 aliphatic heterocycles. The summed E-state index contributed by atoms with van der Waals surface area (Å²) in [4.78, 5) is 14.8. The van der Waals surface area contributed by atoms with Gasteiger partial charge in [0, 0.05) is 39.1 Å². The summed E-state index contributed by atoms with van der Waals surface area (Å²) in [5.41, 5.74) is 0. The van der Waals surface area contributed by atoms with Crippen LogP contribution in [0.25, 0.3) is 0 Å². The standard InChI is InChI=1S/C10H20N2O2/c13-9-2-1-3-11-4-6-12(7-5-11)8-10-14/h9,14H,1-8,10H2. The third-order valence-electron chi connectivity index (χ3n) is 2.68. The molecule has 82 valence electrons. The van der Waals surface area contributed by atoms with Crippen molar-refractivity contribution in [2.75, 3.05) is 45.9 Å². The number of aliphatic hydroxyl groups excluding tert-OH is 1. The van der Waals surface area contributed by atoms with Crippen LogP contribution in [0.2, 0.25) is 0 Å². The SMILES string of the molecule is O=CCCCN1CCN(CCO)CC1. The molecule has 0 aromatic carbocycles. The van der Waals surface area contributed by atoms with Crippen molar-refractivity contribution >= 4 is 6.29 Å². The van der Waals surface area contributed by atoms with E-state index in [9.17, 15) is 4.79 Å². The van der Waals surface area contributed by atoms with Crippen LogP contribution in [-0.2, 0) is 4.79 Å². The van der Waals surface area contributed by atoms with Crippen LogP contribution in [0.3, 0.4) is 0 Å². The van der Waals surface area contributed by atoms with Crippen molar-refractivity contribution in [3.05, 3.63) is 0 Å². The summed E-state index contributed by atoms with van der Waals surface area (Å²) >= 11 is 0. The first kappa shape index (κ1) is 11.6. The van der Waals surface area contributed by atoms with Crippen LogP contribution in [0.4, 0.5) is 0 Å². The topological polar surface area (TPSA) is 43.8 Å². The van der Waals surface area contributed by atoms with Gasteiger partial charge in [-0.15, -0.1) is 0 Å². The lowest BCUT2D eigenvalue weighted by Crippen LogP contribution is -2.47. The molecule has 0 amide bonds. The lowest BCUT2D eigenvalue weighted by Gasteiger charge is -2.34. The number of unbranched alkanes of at least 4 members (excludes halogenated alkanes) is 1. The highest BCUT2D eigenvalue weighted by Crippen LogP contribution is 2.02. The van der Waals surface area contributed by atoms with Gasteiger partial charge in [-0.1, -0.05) is 0 Å². The first-order valence-electron chi connectivity index (χ1n) is 5.36. The van der Waals surface area contributed by atoms with E-state index in [4.69, 9.17) is 5.11 Å². The Morgan fingerprint density at radius 2 is 1.64 bits per heavy atom. The predicted molar refractivity (Wildman–Crippen MR) is 55.3 cm³/mol. The van der Waals surface area contributed by atoms with Gasteiger partial charge in [-0.3, -0.25) is 4.90 Å². The van der Waals surface area contributed by atoms with Gasteiger partial charge in [0.15, 0.2) is 0 Å². The minimum Gasteiger partial charge on any atom is -0.395 e. The van der Waals surface area contributed by atoms with Crippen molar-refractivity contribution in [2.24, 2.45) is 0 Å². The monoisotopic (exact) mass is 200 g/mol. The van der Waals surface area contributed by atoms with Crippen molar-refractivity contribution < 1.29 is 9.90 Å². The van der Waals surface area contributed by atoms with Crippen molar-refractivity contribution in [3.8, 4) is 0 Å². The van der Waals surface area contributed by atoms with Crippen LogP contribution in [0.5, 0.6) is 0 Å². The first-order valence-corrected chi connectivity index (χ1v) is 5.36. The number of hydrogen-bond donors (Lipinski definition) is 1. The summed E-state index contributed by atoms with van der Waals surface area (Å²) in [6, 6.07) is 0. The molecule has 1 saturated heterocycles. The Kier molecular flexibility index (Phi) is 5.75. The van der Waals surface area contributed by atoms with Gasteiger partial charge >= 0.3 is 0 Å². The quantitative estimate of drug-likeness (QED) is 0.467. The second-order valence-corrected chi connectivity index (χ2v) is 3.72. The van der Waals surface area contributed by atoms with Gasteiger partial charge in [-0.25, -0.2) is 0 Å².